The Kier molecular flexibility index (Phi) is 3.21. The summed E-state index contributed by atoms with van der Waals surface area (Å²) in [6, 6.07) is 0. The zero-order chi connectivity index (χ0) is 9.59. The topological polar surface area (TPSA) is 9.23 Å². The molecule has 0 saturated carbocycles. The Morgan fingerprint density at radius 3 is 1.62 bits per heavy atom. The molecule has 0 N–H and O–H groups in total. The maximum Gasteiger partial charge on any atom is 0.104 e. The van der Waals surface area contributed by atoms with Crippen LogP contribution in [-0.2, 0) is 4.74 Å². The molecule has 13 heavy (non-hydrogen) atoms. The first-order chi connectivity index (χ1) is 6.11. The molecular formula is C8H4Br4O. The summed E-state index contributed by atoms with van der Waals surface area (Å²) in [4.78, 5) is 0. The Labute approximate surface area is 110 Å². The van der Waals surface area contributed by atoms with Crippen LogP contribution in [0.2, 0.25) is 0 Å². The Morgan fingerprint density at radius 1 is 0.923 bits per heavy atom. The average molecular weight is 436 g/mol. The largest absolute Gasteiger partial charge is 0.357 e. The van der Waals surface area contributed by atoms with E-state index >= 15 is 0 Å². The van der Waals surface area contributed by atoms with Gasteiger partial charge < -0.3 is 4.74 Å². The quantitative estimate of drug-likeness (QED) is 0.515. The molecule has 2 aliphatic rings. The number of fused-ring (bicyclic) bond motifs is 2. The molecule has 0 aromatic heterocycles. The molecule has 70 valence electrons. The smallest absolute Gasteiger partial charge is 0.104 e. The fourth-order valence-electron chi connectivity index (χ4n) is 1.50. The molecule has 2 bridgehead atoms. The van der Waals surface area contributed by atoms with Crippen molar-refractivity contribution in [3.05, 3.63) is 30.1 Å². The van der Waals surface area contributed by atoms with E-state index in [1.807, 2.05) is 0 Å². The molecule has 2 aliphatic heterocycles. The fraction of sp³-hybridized carbons (Fsp3) is 0.250. The maximum atomic E-state index is 5.67. The summed E-state index contributed by atoms with van der Waals surface area (Å²) in [5, 5.41) is 0. The second-order valence-electron chi connectivity index (χ2n) is 2.71. The Bertz CT molecular complexity index is 302. The molecule has 0 amide bonds. The highest BCUT2D eigenvalue weighted by atomic mass is 79.9. The second-order valence-corrected chi connectivity index (χ2v) is 8.01. The molecule has 2 heterocycles. The Hall–Kier alpha value is 1.10. The SMILES string of the molecule is BrC(Br)=C1C(=C(Br)Br)[C@H]2C=C[C@@H]1O2. The standard InChI is InChI=1S/C8H4Br4O/c9-7(10)5-3-1-2-4(13-3)6(5)8(11)12/h1-4H/t3-,4+. The van der Waals surface area contributed by atoms with Crippen molar-refractivity contribution in [1.82, 2.24) is 0 Å². The second kappa shape index (κ2) is 3.93. The van der Waals surface area contributed by atoms with Crippen molar-refractivity contribution in [2.75, 3.05) is 0 Å². The van der Waals surface area contributed by atoms with Crippen LogP contribution in [0, 0.1) is 0 Å². The molecule has 1 saturated heterocycles. The summed E-state index contributed by atoms with van der Waals surface area (Å²) in [7, 11) is 0. The van der Waals surface area contributed by atoms with Crippen LogP contribution in [0.3, 0.4) is 0 Å². The van der Waals surface area contributed by atoms with Gasteiger partial charge in [-0.15, -0.1) is 0 Å². The molecular weight excluding hydrogens is 432 g/mol. The van der Waals surface area contributed by atoms with E-state index in [0.717, 1.165) is 17.9 Å². The fourth-order valence-corrected chi connectivity index (χ4v) is 3.26. The molecule has 0 aromatic carbocycles. The molecule has 2 atom stereocenters. The van der Waals surface area contributed by atoms with Gasteiger partial charge in [0.1, 0.15) is 12.2 Å². The van der Waals surface area contributed by atoms with Crippen LogP contribution in [0.25, 0.3) is 0 Å². The lowest BCUT2D eigenvalue weighted by Gasteiger charge is -2.09. The summed E-state index contributed by atoms with van der Waals surface area (Å²) >= 11 is 13.7. The van der Waals surface area contributed by atoms with E-state index in [0.29, 0.717) is 0 Å². The third kappa shape index (κ3) is 1.78. The van der Waals surface area contributed by atoms with Gasteiger partial charge in [-0.2, -0.15) is 0 Å². The number of halogens is 4. The van der Waals surface area contributed by atoms with Gasteiger partial charge >= 0.3 is 0 Å². The van der Waals surface area contributed by atoms with Crippen molar-refractivity contribution in [1.29, 1.82) is 0 Å². The molecule has 0 spiro atoms. The van der Waals surface area contributed by atoms with Crippen LogP contribution in [0.15, 0.2) is 30.1 Å². The molecule has 1 fully saturated rings. The van der Waals surface area contributed by atoms with Crippen molar-refractivity contribution in [3.63, 3.8) is 0 Å². The summed E-state index contributed by atoms with van der Waals surface area (Å²) in [5.41, 5.74) is 2.30. The molecule has 2 rings (SSSR count). The number of rotatable bonds is 0. The first kappa shape index (κ1) is 10.6. The summed E-state index contributed by atoms with van der Waals surface area (Å²) in [6.07, 6.45) is 4.29. The Morgan fingerprint density at radius 2 is 1.31 bits per heavy atom. The van der Waals surface area contributed by atoms with Gasteiger partial charge in [0.15, 0.2) is 0 Å². The van der Waals surface area contributed by atoms with Crippen LogP contribution in [0.4, 0.5) is 0 Å². The number of ether oxygens (including phenoxy) is 1. The van der Waals surface area contributed by atoms with Crippen LogP contribution < -0.4 is 0 Å². The van der Waals surface area contributed by atoms with Gasteiger partial charge in [0.25, 0.3) is 0 Å². The normalized spacial score (nSPS) is 30.2. The van der Waals surface area contributed by atoms with E-state index in [4.69, 9.17) is 4.74 Å². The van der Waals surface area contributed by atoms with Crippen LogP contribution in [0.5, 0.6) is 0 Å². The zero-order valence-electron chi connectivity index (χ0n) is 6.23. The van der Waals surface area contributed by atoms with Crippen molar-refractivity contribution in [3.8, 4) is 0 Å². The van der Waals surface area contributed by atoms with E-state index < -0.39 is 0 Å². The minimum atomic E-state index is 0.0823. The average Bonchev–Trinajstić information content (AvgIpc) is 2.60. The lowest BCUT2D eigenvalue weighted by Crippen LogP contribution is -2.04. The highest BCUT2D eigenvalue weighted by Crippen LogP contribution is 2.46. The van der Waals surface area contributed by atoms with E-state index in [1.165, 1.54) is 0 Å². The summed E-state index contributed by atoms with van der Waals surface area (Å²) in [5.74, 6) is 0. The first-order valence-corrected chi connectivity index (χ1v) is 6.73. The van der Waals surface area contributed by atoms with Crippen molar-refractivity contribution >= 4 is 63.7 Å². The minimum Gasteiger partial charge on any atom is -0.357 e. The van der Waals surface area contributed by atoms with Crippen LogP contribution in [0.1, 0.15) is 0 Å². The number of hydrogen-bond acceptors (Lipinski definition) is 1. The van der Waals surface area contributed by atoms with Gasteiger partial charge in [-0.1, -0.05) is 12.2 Å². The van der Waals surface area contributed by atoms with Gasteiger partial charge in [-0.3, -0.25) is 0 Å². The van der Waals surface area contributed by atoms with Gasteiger partial charge in [0.2, 0.25) is 0 Å². The minimum absolute atomic E-state index is 0.0823. The van der Waals surface area contributed by atoms with Gasteiger partial charge in [-0.05, 0) is 63.7 Å². The highest BCUT2D eigenvalue weighted by Gasteiger charge is 2.39. The van der Waals surface area contributed by atoms with Crippen molar-refractivity contribution < 1.29 is 4.74 Å². The first-order valence-electron chi connectivity index (χ1n) is 3.55. The molecule has 0 aromatic rings. The third-order valence-electron chi connectivity index (χ3n) is 2.02. The molecule has 0 unspecified atom stereocenters. The Balaban J connectivity index is 2.56. The van der Waals surface area contributed by atoms with Crippen molar-refractivity contribution in [2.45, 2.75) is 12.2 Å². The van der Waals surface area contributed by atoms with E-state index in [2.05, 4.69) is 75.9 Å². The van der Waals surface area contributed by atoms with E-state index in [9.17, 15) is 0 Å². The molecule has 0 aliphatic carbocycles. The monoisotopic (exact) mass is 432 g/mol. The highest BCUT2D eigenvalue weighted by molar-refractivity contribution is 9.28. The molecule has 1 nitrogen and oxygen atoms in total. The van der Waals surface area contributed by atoms with Crippen molar-refractivity contribution in [2.24, 2.45) is 0 Å². The summed E-state index contributed by atoms with van der Waals surface area (Å²) < 4.78 is 7.57. The molecule has 5 heteroatoms. The predicted molar refractivity (Wildman–Crippen MR) is 67.6 cm³/mol. The predicted octanol–water partition coefficient (Wildman–Crippen LogP) is 4.33. The van der Waals surface area contributed by atoms with Crippen LogP contribution in [-0.4, -0.2) is 12.2 Å². The van der Waals surface area contributed by atoms with Gasteiger partial charge in [0, 0.05) is 11.1 Å². The lowest BCUT2D eigenvalue weighted by atomic mass is 9.98. The van der Waals surface area contributed by atoms with Crippen LogP contribution >= 0.6 is 63.7 Å². The van der Waals surface area contributed by atoms with Gasteiger partial charge in [0.05, 0.1) is 6.78 Å². The van der Waals surface area contributed by atoms with Gasteiger partial charge in [-0.25, -0.2) is 0 Å². The maximum absolute atomic E-state index is 5.67. The van der Waals surface area contributed by atoms with E-state index in [1.54, 1.807) is 0 Å². The third-order valence-corrected chi connectivity index (χ3v) is 3.73. The lowest BCUT2D eigenvalue weighted by molar-refractivity contribution is 0.138. The summed E-state index contributed by atoms with van der Waals surface area (Å²) in [6.45, 7) is 0. The number of hydrogen-bond donors (Lipinski definition) is 0. The van der Waals surface area contributed by atoms with E-state index in [-0.39, 0.29) is 12.2 Å². The zero-order valence-corrected chi connectivity index (χ0v) is 12.6. The molecule has 0 radical (unpaired) electrons.